The second-order valence-corrected chi connectivity index (χ2v) is 18.2. The SMILES string of the molecule is CC1(C)c2ccccc2-c2cc([Si](c3ccccc3)(c3ccc(-c4ccccc4)cc3)c3ccc4sc5ccccc5c4c3)ccc21. The average molecular weight is 635 g/mol. The lowest BCUT2D eigenvalue weighted by molar-refractivity contribution is 0.660. The maximum atomic E-state index is 2.56. The summed E-state index contributed by atoms with van der Waals surface area (Å²) >= 11 is 1.89. The number of hydrogen-bond acceptors (Lipinski definition) is 1. The molecule has 0 saturated heterocycles. The molecule has 0 fully saturated rings. The van der Waals surface area contributed by atoms with Gasteiger partial charge in [0.2, 0.25) is 0 Å². The first-order valence-corrected chi connectivity index (χ1v) is 19.2. The maximum Gasteiger partial charge on any atom is 0.179 e. The van der Waals surface area contributed by atoms with Crippen LogP contribution in [0.4, 0.5) is 0 Å². The third-order valence-corrected chi connectivity index (χ3v) is 16.4. The van der Waals surface area contributed by atoms with Gasteiger partial charge in [-0.3, -0.25) is 0 Å². The van der Waals surface area contributed by atoms with Crippen molar-refractivity contribution in [1.82, 2.24) is 0 Å². The highest BCUT2D eigenvalue weighted by Gasteiger charge is 2.44. The fourth-order valence-corrected chi connectivity index (χ4v) is 14.0. The highest BCUT2D eigenvalue weighted by molar-refractivity contribution is 7.26. The van der Waals surface area contributed by atoms with Crippen LogP contribution in [0.25, 0.3) is 42.4 Å². The molecule has 224 valence electrons. The molecule has 1 aliphatic rings. The van der Waals surface area contributed by atoms with Gasteiger partial charge < -0.3 is 0 Å². The van der Waals surface area contributed by atoms with Gasteiger partial charge in [0.1, 0.15) is 0 Å². The molecule has 0 N–H and O–H groups in total. The summed E-state index contributed by atoms with van der Waals surface area (Å²) in [5.41, 5.74) is 8.02. The maximum absolute atomic E-state index is 2.81. The van der Waals surface area contributed by atoms with Crippen LogP contribution in [0.5, 0.6) is 0 Å². The van der Waals surface area contributed by atoms with E-state index in [0.717, 1.165) is 0 Å². The van der Waals surface area contributed by atoms with Crippen molar-refractivity contribution in [2.75, 3.05) is 0 Å². The summed E-state index contributed by atoms with van der Waals surface area (Å²) < 4.78 is 2.69. The largest absolute Gasteiger partial charge is 0.179 e. The van der Waals surface area contributed by atoms with Crippen LogP contribution in [0.2, 0.25) is 0 Å². The molecular weight excluding hydrogens is 601 g/mol. The van der Waals surface area contributed by atoms with Crippen LogP contribution >= 0.6 is 11.3 Å². The van der Waals surface area contributed by atoms with Crippen molar-refractivity contribution in [1.29, 1.82) is 0 Å². The first-order chi connectivity index (χ1) is 23.0. The van der Waals surface area contributed by atoms with E-state index >= 15 is 0 Å². The van der Waals surface area contributed by atoms with Gasteiger partial charge in [0.05, 0.1) is 0 Å². The van der Waals surface area contributed by atoms with Crippen molar-refractivity contribution in [2.45, 2.75) is 19.3 Å². The minimum absolute atomic E-state index is 0.0345. The van der Waals surface area contributed by atoms with E-state index < -0.39 is 8.07 Å². The van der Waals surface area contributed by atoms with E-state index in [4.69, 9.17) is 0 Å². The van der Waals surface area contributed by atoms with Crippen molar-refractivity contribution in [3.05, 3.63) is 181 Å². The second-order valence-electron chi connectivity index (χ2n) is 13.3. The lowest BCUT2D eigenvalue weighted by atomic mass is 9.82. The van der Waals surface area contributed by atoms with Crippen molar-refractivity contribution in [3.63, 3.8) is 0 Å². The Kier molecular flexibility index (Phi) is 6.47. The predicted octanol–water partition coefficient (Wildman–Crippen LogP) is 9.41. The summed E-state index contributed by atoms with van der Waals surface area (Å²) in [7, 11) is -2.81. The topological polar surface area (TPSA) is 0 Å². The van der Waals surface area contributed by atoms with Crippen LogP contribution in [0, 0.1) is 0 Å². The van der Waals surface area contributed by atoms with Crippen LogP contribution in [0.1, 0.15) is 25.0 Å². The van der Waals surface area contributed by atoms with Crippen LogP contribution < -0.4 is 20.7 Å². The molecule has 8 aromatic rings. The zero-order valence-corrected chi connectivity index (χ0v) is 28.4. The fraction of sp³-hybridized carbons (Fsp3) is 0.0667. The molecule has 1 heterocycles. The summed E-state index contributed by atoms with van der Waals surface area (Å²) in [4.78, 5) is 0. The van der Waals surface area contributed by atoms with Gasteiger partial charge in [-0.1, -0.05) is 172 Å². The second kappa shape index (κ2) is 10.8. The Hall–Kier alpha value is -5.02. The normalized spacial score (nSPS) is 14.5. The molecule has 7 aromatic carbocycles. The third-order valence-electron chi connectivity index (χ3n) is 10.5. The van der Waals surface area contributed by atoms with Crippen LogP contribution in [-0.2, 0) is 5.41 Å². The molecule has 0 aliphatic heterocycles. The number of fused-ring (bicyclic) bond motifs is 6. The number of rotatable bonds is 5. The molecule has 0 nitrogen and oxygen atoms in total. The van der Waals surface area contributed by atoms with Gasteiger partial charge in [0.15, 0.2) is 8.07 Å². The quantitative estimate of drug-likeness (QED) is 0.131. The molecule has 1 atom stereocenters. The minimum atomic E-state index is -2.81. The first-order valence-electron chi connectivity index (χ1n) is 16.4. The standard InChI is InChI=1S/C45H34SSi/c1-45(2)41-19-11-9-17-37(41)39-29-35(25-27-42(39)45)47(33-15-7-4-8-16-33,34-23-21-32(22-24-34)31-13-5-3-6-14-31)36-26-28-44-40(30-36)38-18-10-12-20-43(38)46-44/h3-30H,1-2H3. The van der Waals surface area contributed by atoms with Crippen LogP contribution in [0.15, 0.2) is 170 Å². The predicted molar refractivity (Wildman–Crippen MR) is 206 cm³/mol. The summed E-state index contributed by atoms with van der Waals surface area (Å²) in [5.74, 6) is 0. The summed E-state index contributed by atoms with van der Waals surface area (Å²) in [6.45, 7) is 4.74. The molecule has 0 amide bonds. The number of thiophene rings is 1. The smallest absolute Gasteiger partial charge is 0.135 e. The van der Waals surface area contributed by atoms with Crippen molar-refractivity contribution >= 4 is 60.3 Å². The van der Waals surface area contributed by atoms with Gasteiger partial charge in [-0.2, -0.15) is 0 Å². The number of benzene rings is 7. The van der Waals surface area contributed by atoms with E-state index in [1.807, 2.05) is 11.3 Å². The van der Waals surface area contributed by atoms with Gasteiger partial charge in [0.25, 0.3) is 0 Å². The molecule has 9 rings (SSSR count). The highest BCUT2D eigenvalue weighted by atomic mass is 32.1. The summed E-state index contributed by atoms with van der Waals surface area (Å²) in [6, 6.07) is 64.3. The highest BCUT2D eigenvalue weighted by Crippen LogP contribution is 2.48. The average Bonchev–Trinajstić information content (AvgIpc) is 3.61. The Bertz CT molecular complexity index is 2420. The van der Waals surface area contributed by atoms with Crippen molar-refractivity contribution in [2.24, 2.45) is 0 Å². The molecule has 0 bridgehead atoms. The van der Waals surface area contributed by atoms with E-state index in [0.29, 0.717) is 0 Å². The molecule has 2 heteroatoms. The van der Waals surface area contributed by atoms with Crippen molar-refractivity contribution < 1.29 is 0 Å². The zero-order chi connectivity index (χ0) is 31.6. The molecule has 1 aliphatic carbocycles. The van der Waals surface area contributed by atoms with Crippen molar-refractivity contribution in [3.8, 4) is 22.3 Å². The van der Waals surface area contributed by atoms with Gasteiger partial charge in [-0.15, -0.1) is 11.3 Å². The van der Waals surface area contributed by atoms with E-state index in [1.54, 1.807) is 0 Å². The van der Waals surface area contributed by atoms with E-state index in [9.17, 15) is 0 Å². The molecule has 0 saturated carbocycles. The monoisotopic (exact) mass is 634 g/mol. The Morgan fingerprint density at radius 3 is 1.77 bits per heavy atom. The molecule has 0 radical (unpaired) electrons. The Balaban J connectivity index is 1.37. The Morgan fingerprint density at radius 2 is 0.957 bits per heavy atom. The van der Waals surface area contributed by atoms with Gasteiger partial charge in [-0.25, -0.2) is 0 Å². The zero-order valence-electron chi connectivity index (χ0n) is 26.6. The summed E-state index contributed by atoms with van der Waals surface area (Å²) in [5, 5.41) is 8.32. The molecular formula is C45H34SSi. The first kappa shape index (κ1) is 28.2. The molecule has 47 heavy (non-hydrogen) atoms. The Labute approximate surface area is 281 Å². The van der Waals surface area contributed by atoms with Gasteiger partial charge in [0, 0.05) is 25.6 Å². The minimum Gasteiger partial charge on any atom is -0.135 e. The van der Waals surface area contributed by atoms with Crippen LogP contribution in [-0.4, -0.2) is 8.07 Å². The van der Waals surface area contributed by atoms with E-state index in [2.05, 4.69) is 184 Å². The third kappa shape index (κ3) is 4.25. The number of hydrogen-bond donors (Lipinski definition) is 0. The summed E-state index contributed by atoms with van der Waals surface area (Å²) in [6.07, 6.45) is 0. The van der Waals surface area contributed by atoms with E-state index in [1.165, 1.54) is 74.3 Å². The molecule has 0 spiro atoms. The fourth-order valence-electron chi connectivity index (χ4n) is 8.14. The van der Waals surface area contributed by atoms with Gasteiger partial charge in [-0.05, 0) is 66.3 Å². The molecule has 1 aromatic heterocycles. The lowest BCUT2D eigenvalue weighted by Gasteiger charge is -2.35. The molecule has 1 unspecified atom stereocenters. The lowest BCUT2D eigenvalue weighted by Crippen LogP contribution is -2.74. The van der Waals surface area contributed by atoms with Crippen LogP contribution in [0.3, 0.4) is 0 Å². The van der Waals surface area contributed by atoms with E-state index in [-0.39, 0.29) is 5.41 Å². The van der Waals surface area contributed by atoms with Gasteiger partial charge >= 0.3 is 0 Å². The Morgan fingerprint density at radius 1 is 0.404 bits per heavy atom.